The van der Waals surface area contributed by atoms with Gasteiger partial charge in [-0.25, -0.2) is 0 Å². The molecule has 2 N–H and O–H groups in total. The van der Waals surface area contributed by atoms with Crippen LogP contribution in [0.2, 0.25) is 0 Å². The van der Waals surface area contributed by atoms with Crippen LogP contribution in [0.5, 0.6) is 5.75 Å². The molecule has 20 heavy (non-hydrogen) atoms. The van der Waals surface area contributed by atoms with Crippen LogP contribution >= 0.6 is 0 Å². The molecule has 2 aromatic carbocycles. The molecule has 0 bridgehead atoms. The molecule has 5 nitrogen and oxygen atoms in total. The van der Waals surface area contributed by atoms with Gasteiger partial charge in [-0.2, -0.15) is 8.42 Å². The van der Waals surface area contributed by atoms with Crippen LogP contribution < -0.4 is 10.5 Å². The number of nitrogen functional groups attached to an aromatic ring is 1. The number of ether oxygens (including phenoxy) is 1. The first-order valence-electron chi connectivity index (χ1n) is 5.96. The first-order valence-corrected chi connectivity index (χ1v) is 7.40. The second-order valence-electron chi connectivity index (χ2n) is 4.46. The number of sulfonamides is 1. The van der Waals surface area contributed by atoms with Gasteiger partial charge in [-0.15, -0.1) is 4.40 Å². The van der Waals surface area contributed by atoms with Crippen molar-refractivity contribution in [2.75, 3.05) is 5.73 Å². The van der Waals surface area contributed by atoms with Crippen LogP contribution in [0.1, 0.15) is 11.1 Å². The van der Waals surface area contributed by atoms with Gasteiger partial charge in [-0.1, -0.05) is 24.3 Å². The highest BCUT2D eigenvalue weighted by Crippen LogP contribution is 2.30. The average molecular weight is 288 g/mol. The summed E-state index contributed by atoms with van der Waals surface area (Å²) in [5.74, 6) is 0.452. The van der Waals surface area contributed by atoms with Crippen molar-refractivity contribution in [3.8, 4) is 5.75 Å². The monoisotopic (exact) mass is 288 g/mol. The van der Waals surface area contributed by atoms with Crippen molar-refractivity contribution in [3.63, 3.8) is 0 Å². The fraction of sp³-hybridized carbons (Fsp3) is 0.0714. The molecule has 0 fully saturated rings. The fourth-order valence-corrected chi connectivity index (χ4v) is 3.13. The molecule has 0 unspecified atom stereocenters. The number of nitrogens with zero attached hydrogens (tertiary/aromatic N) is 1. The van der Waals surface area contributed by atoms with E-state index in [1.165, 1.54) is 6.07 Å². The minimum Gasteiger partial charge on any atom is -0.435 e. The van der Waals surface area contributed by atoms with E-state index in [1.807, 2.05) is 13.0 Å². The smallest absolute Gasteiger partial charge is 0.286 e. The third-order valence-electron chi connectivity index (χ3n) is 3.09. The lowest BCUT2D eigenvalue weighted by Crippen LogP contribution is -2.09. The van der Waals surface area contributed by atoms with Crippen LogP contribution in [-0.4, -0.2) is 14.3 Å². The van der Waals surface area contributed by atoms with Crippen molar-refractivity contribution >= 4 is 21.6 Å². The number of hydrogen-bond acceptors (Lipinski definition) is 4. The van der Waals surface area contributed by atoms with Gasteiger partial charge in [0.1, 0.15) is 4.90 Å². The molecule has 0 aromatic heterocycles. The van der Waals surface area contributed by atoms with Gasteiger partial charge in [-0.3, -0.25) is 0 Å². The van der Waals surface area contributed by atoms with Crippen LogP contribution in [-0.2, 0) is 10.0 Å². The van der Waals surface area contributed by atoms with Gasteiger partial charge in [0.25, 0.3) is 10.0 Å². The second kappa shape index (κ2) is 4.35. The first-order chi connectivity index (χ1) is 9.49. The van der Waals surface area contributed by atoms with Gasteiger partial charge in [0.2, 0.25) is 5.90 Å². The third kappa shape index (κ3) is 1.94. The van der Waals surface area contributed by atoms with Crippen molar-refractivity contribution in [1.82, 2.24) is 0 Å². The summed E-state index contributed by atoms with van der Waals surface area (Å²) in [6, 6.07) is 11.9. The topological polar surface area (TPSA) is 81.8 Å². The average Bonchev–Trinajstić information content (AvgIpc) is 2.67. The van der Waals surface area contributed by atoms with Crippen molar-refractivity contribution in [2.24, 2.45) is 4.40 Å². The zero-order chi connectivity index (χ0) is 14.3. The molecule has 0 radical (unpaired) electrons. The molecule has 0 atom stereocenters. The van der Waals surface area contributed by atoms with Crippen LogP contribution in [0, 0.1) is 6.92 Å². The Morgan fingerprint density at radius 3 is 2.65 bits per heavy atom. The molecular formula is C14H12N2O3S. The Balaban J connectivity index is 2.07. The predicted octanol–water partition coefficient (Wildman–Crippen LogP) is 2.11. The maximum absolute atomic E-state index is 11.9. The molecule has 3 rings (SSSR count). The summed E-state index contributed by atoms with van der Waals surface area (Å²) in [4.78, 5) is 0.154. The summed E-state index contributed by atoms with van der Waals surface area (Å²) in [5, 5.41) is 0. The fourth-order valence-electron chi connectivity index (χ4n) is 2.00. The molecule has 102 valence electrons. The van der Waals surface area contributed by atoms with Crippen molar-refractivity contribution < 1.29 is 13.2 Å². The van der Waals surface area contributed by atoms with Gasteiger partial charge >= 0.3 is 0 Å². The summed E-state index contributed by atoms with van der Waals surface area (Å²) in [6.07, 6.45) is 0. The van der Waals surface area contributed by atoms with E-state index < -0.39 is 10.0 Å². The molecule has 0 amide bonds. The molecule has 1 heterocycles. The highest BCUT2D eigenvalue weighted by atomic mass is 32.2. The standard InChI is InChI=1S/C14H12N2O3S/c1-9-5-4-7-11(13(9)15)19-14-10-6-2-3-8-12(10)20(17,18)16-14/h2-8H,15H2,1H3. The minimum atomic E-state index is -3.68. The molecule has 2 aromatic rings. The highest BCUT2D eigenvalue weighted by molar-refractivity contribution is 7.90. The SMILES string of the molecule is Cc1cccc(OC2=NS(=O)(=O)c3ccccc32)c1N. The first kappa shape index (κ1) is 12.7. The Labute approximate surface area is 116 Å². The number of benzene rings is 2. The molecule has 6 heteroatoms. The van der Waals surface area contributed by atoms with Gasteiger partial charge in [-0.05, 0) is 30.7 Å². The zero-order valence-corrected chi connectivity index (χ0v) is 11.5. The molecule has 0 saturated heterocycles. The van der Waals surface area contributed by atoms with Gasteiger partial charge in [0, 0.05) is 0 Å². The summed E-state index contributed by atoms with van der Waals surface area (Å²) in [6.45, 7) is 1.85. The lowest BCUT2D eigenvalue weighted by Gasteiger charge is -2.09. The number of anilines is 1. The number of para-hydroxylation sites is 1. The van der Waals surface area contributed by atoms with E-state index in [0.29, 0.717) is 17.0 Å². The zero-order valence-electron chi connectivity index (χ0n) is 10.7. The van der Waals surface area contributed by atoms with Crippen LogP contribution in [0.25, 0.3) is 0 Å². The third-order valence-corrected chi connectivity index (χ3v) is 4.41. The summed E-state index contributed by atoms with van der Waals surface area (Å²) < 4.78 is 33.1. The van der Waals surface area contributed by atoms with E-state index in [2.05, 4.69) is 4.40 Å². The maximum Gasteiger partial charge on any atom is 0.286 e. The molecule has 1 aliphatic heterocycles. The Kier molecular flexibility index (Phi) is 2.76. The van der Waals surface area contributed by atoms with Crippen LogP contribution in [0.15, 0.2) is 51.8 Å². The van der Waals surface area contributed by atoms with Gasteiger partial charge in [0.05, 0.1) is 11.3 Å². The molecule has 1 aliphatic rings. The second-order valence-corrected chi connectivity index (χ2v) is 6.03. The maximum atomic E-state index is 11.9. The molecule has 0 aliphatic carbocycles. The number of rotatable bonds is 1. The van der Waals surface area contributed by atoms with E-state index in [4.69, 9.17) is 10.5 Å². The Bertz CT molecular complexity index is 826. The van der Waals surface area contributed by atoms with Crippen molar-refractivity contribution in [1.29, 1.82) is 0 Å². The number of aryl methyl sites for hydroxylation is 1. The lowest BCUT2D eigenvalue weighted by atomic mass is 10.2. The number of fused-ring (bicyclic) bond motifs is 1. The highest BCUT2D eigenvalue weighted by Gasteiger charge is 2.30. The summed E-state index contributed by atoms with van der Waals surface area (Å²) in [7, 11) is -3.68. The number of nitrogens with two attached hydrogens (primary N) is 1. The summed E-state index contributed by atoms with van der Waals surface area (Å²) in [5.41, 5.74) is 7.70. The Morgan fingerprint density at radius 1 is 1.10 bits per heavy atom. The normalized spacial score (nSPS) is 15.6. The van der Waals surface area contributed by atoms with E-state index in [0.717, 1.165) is 5.56 Å². The Hall–Kier alpha value is -2.34. The predicted molar refractivity (Wildman–Crippen MR) is 76.4 cm³/mol. The van der Waals surface area contributed by atoms with Gasteiger partial charge in [0.15, 0.2) is 5.75 Å². The van der Waals surface area contributed by atoms with E-state index >= 15 is 0 Å². The van der Waals surface area contributed by atoms with E-state index in [1.54, 1.807) is 30.3 Å². The summed E-state index contributed by atoms with van der Waals surface area (Å²) >= 11 is 0. The lowest BCUT2D eigenvalue weighted by molar-refractivity contribution is 0.556. The molecular weight excluding hydrogens is 276 g/mol. The molecule has 0 saturated carbocycles. The van der Waals surface area contributed by atoms with Crippen molar-refractivity contribution in [3.05, 3.63) is 53.6 Å². The Morgan fingerprint density at radius 2 is 1.85 bits per heavy atom. The minimum absolute atomic E-state index is 0.0536. The van der Waals surface area contributed by atoms with Crippen LogP contribution in [0.3, 0.4) is 0 Å². The quantitative estimate of drug-likeness (QED) is 0.815. The molecule has 0 spiro atoms. The van der Waals surface area contributed by atoms with E-state index in [9.17, 15) is 8.42 Å². The van der Waals surface area contributed by atoms with E-state index in [-0.39, 0.29) is 10.8 Å². The largest absolute Gasteiger partial charge is 0.435 e. The van der Waals surface area contributed by atoms with Crippen molar-refractivity contribution in [2.45, 2.75) is 11.8 Å². The number of hydrogen-bond donors (Lipinski definition) is 1. The van der Waals surface area contributed by atoms with Gasteiger partial charge < -0.3 is 10.5 Å². The van der Waals surface area contributed by atoms with Crippen LogP contribution in [0.4, 0.5) is 5.69 Å².